The van der Waals surface area contributed by atoms with E-state index in [1.807, 2.05) is 12.1 Å². The number of hydrogen-bond acceptors (Lipinski definition) is 4. The van der Waals surface area contributed by atoms with Gasteiger partial charge in [-0.25, -0.2) is 0 Å². The van der Waals surface area contributed by atoms with Crippen LogP contribution in [0.5, 0.6) is 11.5 Å². The van der Waals surface area contributed by atoms with Crippen molar-refractivity contribution in [3.63, 3.8) is 0 Å². The highest BCUT2D eigenvalue weighted by molar-refractivity contribution is 5.80. The van der Waals surface area contributed by atoms with Crippen LogP contribution in [0.1, 0.15) is 18.4 Å². The maximum Gasteiger partial charge on any atom is 0.227 e. The number of hydrogen-bond donors (Lipinski definition) is 1. The van der Waals surface area contributed by atoms with Gasteiger partial charge in [-0.3, -0.25) is 4.79 Å². The fourth-order valence-electron chi connectivity index (χ4n) is 2.62. The second-order valence-electron chi connectivity index (χ2n) is 4.92. The van der Waals surface area contributed by atoms with Crippen LogP contribution < -0.4 is 9.47 Å². The van der Waals surface area contributed by atoms with Gasteiger partial charge < -0.3 is 19.5 Å². The van der Waals surface area contributed by atoms with Gasteiger partial charge in [-0.2, -0.15) is 0 Å². The molecule has 1 aliphatic heterocycles. The Hall–Kier alpha value is -1.75. The van der Waals surface area contributed by atoms with E-state index < -0.39 is 0 Å². The van der Waals surface area contributed by atoms with E-state index in [1.165, 1.54) is 0 Å². The summed E-state index contributed by atoms with van der Waals surface area (Å²) in [5.41, 5.74) is 0.835. The zero-order valence-corrected chi connectivity index (χ0v) is 12.0. The smallest absolute Gasteiger partial charge is 0.227 e. The first-order valence-corrected chi connectivity index (χ1v) is 6.80. The Bertz CT molecular complexity index is 475. The summed E-state index contributed by atoms with van der Waals surface area (Å²) in [7, 11) is 3.17. The van der Waals surface area contributed by atoms with Crippen molar-refractivity contribution in [1.82, 2.24) is 4.90 Å². The van der Waals surface area contributed by atoms with Gasteiger partial charge in [0.2, 0.25) is 5.91 Å². The van der Waals surface area contributed by atoms with Gasteiger partial charge in [0, 0.05) is 18.2 Å². The first kappa shape index (κ1) is 14.7. The minimum absolute atomic E-state index is 0.0324. The Morgan fingerprint density at radius 1 is 1.40 bits per heavy atom. The van der Waals surface area contributed by atoms with E-state index in [0.717, 1.165) is 24.9 Å². The normalized spacial score (nSPS) is 18.1. The molecule has 1 heterocycles. The minimum atomic E-state index is -0.0354. The molecule has 1 aromatic carbocycles. The Kier molecular flexibility index (Phi) is 4.84. The Labute approximate surface area is 119 Å². The molecule has 20 heavy (non-hydrogen) atoms. The Morgan fingerprint density at radius 3 is 2.85 bits per heavy atom. The number of rotatable bonds is 5. The second kappa shape index (κ2) is 6.61. The number of amides is 1. The molecule has 0 aliphatic carbocycles. The van der Waals surface area contributed by atoms with Crippen LogP contribution in [0, 0.1) is 0 Å². The van der Waals surface area contributed by atoms with Gasteiger partial charge >= 0.3 is 0 Å². The molecule has 110 valence electrons. The van der Waals surface area contributed by atoms with Gasteiger partial charge in [0.25, 0.3) is 0 Å². The number of carbonyl (C=O) groups excluding carboxylic acids is 1. The predicted molar refractivity (Wildman–Crippen MR) is 75.1 cm³/mol. The molecule has 1 aliphatic rings. The maximum atomic E-state index is 12.3. The number of methoxy groups -OCH3 is 2. The van der Waals surface area contributed by atoms with Crippen molar-refractivity contribution in [1.29, 1.82) is 0 Å². The summed E-state index contributed by atoms with van der Waals surface area (Å²) in [6, 6.07) is 5.40. The van der Waals surface area contributed by atoms with E-state index >= 15 is 0 Å². The van der Waals surface area contributed by atoms with Gasteiger partial charge in [0.1, 0.15) is 11.5 Å². The molecule has 0 radical (unpaired) electrons. The lowest BCUT2D eigenvalue weighted by Crippen LogP contribution is -2.38. The highest BCUT2D eigenvalue weighted by Gasteiger charge is 2.28. The molecule has 1 saturated heterocycles. The van der Waals surface area contributed by atoms with Crippen LogP contribution in [0.4, 0.5) is 0 Å². The largest absolute Gasteiger partial charge is 0.497 e. The summed E-state index contributed by atoms with van der Waals surface area (Å²) in [4.78, 5) is 14.1. The topological polar surface area (TPSA) is 59.0 Å². The third-order valence-corrected chi connectivity index (χ3v) is 3.74. The van der Waals surface area contributed by atoms with Crippen molar-refractivity contribution in [2.45, 2.75) is 25.3 Å². The number of aliphatic hydroxyl groups excluding tert-OH is 1. The standard InChI is InChI=1S/C15H21NO4/c1-19-13-6-5-11(14(9-13)20-2)8-15(18)16-7-3-4-12(16)10-17/h5-6,9,12,17H,3-4,7-8,10H2,1-2H3. The summed E-state index contributed by atoms with van der Waals surface area (Å²) in [5, 5.41) is 9.29. The number of nitrogens with zero attached hydrogens (tertiary/aromatic N) is 1. The van der Waals surface area contributed by atoms with Gasteiger partial charge in [0.15, 0.2) is 0 Å². The zero-order chi connectivity index (χ0) is 14.5. The number of benzene rings is 1. The molecular formula is C15H21NO4. The highest BCUT2D eigenvalue weighted by atomic mass is 16.5. The molecule has 1 fully saturated rings. The fourth-order valence-corrected chi connectivity index (χ4v) is 2.62. The SMILES string of the molecule is COc1ccc(CC(=O)N2CCCC2CO)c(OC)c1. The molecule has 0 aromatic heterocycles. The molecule has 5 nitrogen and oxygen atoms in total. The third-order valence-electron chi connectivity index (χ3n) is 3.74. The van der Waals surface area contributed by atoms with E-state index in [4.69, 9.17) is 9.47 Å². The molecule has 1 amide bonds. The van der Waals surface area contributed by atoms with Crippen molar-refractivity contribution < 1.29 is 19.4 Å². The fraction of sp³-hybridized carbons (Fsp3) is 0.533. The molecule has 1 N–H and O–H groups in total. The monoisotopic (exact) mass is 279 g/mol. The number of carbonyl (C=O) groups is 1. The molecule has 2 rings (SSSR count). The van der Waals surface area contributed by atoms with Crippen LogP contribution in [0.25, 0.3) is 0 Å². The van der Waals surface area contributed by atoms with Crippen molar-refractivity contribution >= 4 is 5.91 Å². The van der Waals surface area contributed by atoms with E-state index in [0.29, 0.717) is 11.5 Å². The number of ether oxygens (including phenoxy) is 2. The van der Waals surface area contributed by atoms with Crippen LogP contribution in [0.3, 0.4) is 0 Å². The van der Waals surface area contributed by atoms with Crippen LogP contribution in [0.2, 0.25) is 0 Å². The maximum absolute atomic E-state index is 12.3. The second-order valence-corrected chi connectivity index (χ2v) is 4.92. The Morgan fingerprint density at radius 2 is 2.20 bits per heavy atom. The lowest BCUT2D eigenvalue weighted by atomic mass is 10.1. The molecule has 1 unspecified atom stereocenters. The molecular weight excluding hydrogens is 258 g/mol. The highest BCUT2D eigenvalue weighted by Crippen LogP contribution is 2.26. The lowest BCUT2D eigenvalue weighted by Gasteiger charge is -2.23. The van der Waals surface area contributed by atoms with E-state index in [-0.39, 0.29) is 25.0 Å². The third kappa shape index (κ3) is 3.04. The summed E-state index contributed by atoms with van der Waals surface area (Å²) in [6.07, 6.45) is 2.11. The number of aliphatic hydroxyl groups is 1. The molecule has 0 saturated carbocycles. The van der Waals surface area contributed by atoms with Gasteiger partial charge in [-0.05, 0) is 18.9 Å². The first-order chi connectivity index (χ1) is 9.69. The van der Waals surface area contributed by atoms with Crippen molar-refractivity contribution in [3.8, 4) is 11.5 Å². The lowest BCUT2D eigenvalue weighted by molar-refractivity contribution is -0.132. The average molecular weight is 279 g/mol. The van der Waals surface area contributed by atoms with Crippen LogP contribution >= 0.6 is 0 Å². The molecule has 0 bridgehead atoms. The first-order valence-electron chi connectivity index (χ1n) is 6.80. The van der Waals surface area contributed by atoms with Gasteiger partial charge in [-0.1, -0.05) is 6.07 Å². The van der Waals surface area contributed by atoms with Gasteiger partial charge in [-0.15, -0.1) is 0 Å². The minimum Gasteiger partial charge on any atom is -0.497 e. The summed E-state index contributed by atoms with van der Waals surface area (Å²) in [5.74, 6) is 1.38. The molecule has 0 spiro atoms. The summed E-state index contributed by atoms with van der Waals surface area (Å²) >= 11 is 0. The number of likely N-dealkylation sites (tertiary alicyclic amines) is 1. The Balaban J connectivity index is 2.11. The van der Waals surface area contributed by atoms with Crippen molar-refractivity contribution in [2.75, 3.05) is 27.4 Å². The molecule has 5 heteroatoms. The van der Waals surface area contributed by atoms with Crippen LogP contribution in [-0.2, 0) is 11.2 Å². The summed E-state index contributed by atoms with van der Waals surface area (Å²) < 4.78 is 10.4. The summed E-state index contributed by atoms with van der Waals surface area (Å²) in [6.45, 7) is 0.758. The molecule has 1 aromatic rings. The quantitative estimate of drug-likeness (QED) is 0.880. The van der Waals surface area contributed by atoms with Crippen molar-refractivity contribution in [2.24, 2.45) is 0 Å². The molecule has 1 atom stereocenters. The zero-order valence-electron chi connectivity index (χ0n) is 12.0. The predicted octanol–water partition coefficient (Wildman–Crippen LogP) is 1.23. The van der Waals surface area contributed by atoms with E-state index in [1.54, 1.807) is 25.2 Å². The van der Waals surface area contributed by atoms with E-state index in [2.05, 4.69) is 0 Å². The van der Waals surface area contributed by atoms with Crippen LogP contribution in [-0.4, -0.2) is 49.3 Å². The van der Waals surface area contributed by atoms with Crippen LogP contribution in [0.15, 0.2) is 18.2 Å². The van der Waals surface area contributed by atoms with Crippen molar-refractivity contribution in [3.05, 3.63) is 23.8 Å². The average Bonchev–Trinajstić information content (AvgIpc) is 2.96. The van der Waals surface area contributed by atoms with Gasteiger partial charge in [0.05, 0.1) is 33.3 Å². The van der Waals surface area contributed by atoms with E-state index in [9.17, 15) is 9.90 Å².